The molecule has 116 valence electrons. The molecule has 1 aromatic rings. The van der Waals surface area contributed by atoms with Crippen LogP contribution in [0.1, 0.15) is 30.6 Å². The number of carboxylic acid groups (broad SMARTS) is 1. The van der Waals surface area contributed by atoms with E-state index in [9.17, 15) is 18.3 Å². The van der Waals surface area contributed by atoms with Crippen LogP contribution >= 0.6 is 0 Å². The molecule has 1 aliphatic heterocycles. The van der Waals surface area contributed by atoms with Crippen LogP contribution in [-0.4, -0.2) is 38.8 Å². The first-order chi connectivity index (χ1) is 9.68. The number of anilines is 1. The minimum absolute atomic E-state index is 0.0433. The normalized spacial score (nSPS) is 23.1. The van der Waals surface area contributed by atoms with Crippen molar-refractivity contribution in [3.05, 3.63) is 23.8 Å². The SMILES string of the molecule is CC1CC(C)CN(c2ccc(S(C)(=O)=O)cc2C(=O)O)C1. The summed E-state index contributed by atoms with van der Waals surface area (Å²) < 4.78 is 23.2. The molecule has 1 aromatic carbocycles. The lowest BCUT2D eigenvalue weighted by atomic mass is 9.91. The van der Waals surface area contributed by atoms with Crippen molar-refractivity contribution in [1.82, 2.24) is 0 Å². The predicted octanol–water partition coefficient (Wildman–Crippen LogP) is 2.27. The number of hydrogen-bond acceptors (Lipinski definition) is 4. The number of carboxylic acids is 1. The van der Waals surface area contributed by atoms with Gasteiger partial charge in [0.15, 0.2) is 9.84 Å². The smallest absolute Gasteiger partial charge is 0.337 e. The fourth-order valence-electron chi connectivity index (χ4n) is 3.05. The topological polar surface area (TPSA) is 74.7 Å². The number of benzene rings is 1. The van der Waals surface area contributed by atoms with E-state index in [1.165, 1.54) is 12.1 Å². The van der Waals surface area contributed by atoms with Crippen LogP contribution in [0.3, 0.4) is 0 Å². The average Bonchev–Trinajstić information content (AvgIpc) is 2.35. The van der Waals surface area contributed by atoms with Crippen molar-refractivity contribution < 1.29 is 18.3 Å². The van der Waals surface area contributed by atoms with E-state index in [2.05, 4.69) is 13.8 Å². The van der Waals surface area contributed by atoms with Crippen LogP contribution in [0.25, 0.3) is 0 Å². The van der Waals surface area contributed by atoms with Crippen LogP contribution in [0.4, 0.5) is 5.69 Å². The fourth-order valence-corrected chi connectivity index (χ4v) is 3.70. The van der Waals surface area contributed by atoms with Crippen molar-refractivity contribution in [2.24, 2.45) is 11.8 Å². The zero-order chi connectivity index (χ0) is 15.8. The molecule has 1 aliphatic rings. The quantitative estimate of drug-likeness (QED) is 0.927. The first kappa shape index (κ1) is 15.8. The monoisotopic (exact) mass is 311 g/mol. The van der Waals surface area contributed by atoms with Crippen molar-refractivity contribution in [1.29, 1.82) is 0 Å². The number of piperidine rings is 1. The summed E-state index contributed by atoms with van der Waals surface area (Å²) in [6, 6.07) is 4.36. The van der Waals surface area contributed by atoms with Gasteiger partial charge in [-0.3, -0.25) is 0 Å². The van der Waals surface area contributed by atoms with Gasteiger partial charge in [0, 0.05) is 19.3 Å². The third-order valence-electron chi connectivity index (χ3n) is 3.84. The summed E-state index contributed by atoms with van der Waals surface area (Å²) in [4.78, 5) is 13.6. The van der Waals surface area contributed by atoms with Gasteiger partial charge in [0.2, 0.25) is 0 Å². The summed E-state index contributed by atoms with van der Waals surface area (Å²) in [5, 5.41) is 9.40. The van der Waals surface area contributed by atoms with Gasteiger partial charge < -0.3 is 10.0 Å². The second-order valence-electron chi connectivity index (χ2n) is 6.11. The van der Waals surface area contributed by atoms with Crippen molar-refractivity contribution >= 4 is 21.5 Å². The van der Waals surface area contributed by atoms with Crippen LogP contribution in [0.2, 0.25) is 0 Å². The predicted molar refractivity (Wildman–Crippen MR) is 81.7 cm³/mol. The molecular formula is C15H21NO4S. The molecule has 6 heteroatoms. The zero-order valence-corrected chi connectivity index (χ0v) is 13.4. The van der Waals surface area contributed by atoms with E-state index in [0.29, 0.717) is 17.5 Å². The third kappa shape index (κ3) is 3.56. The third-order valence-corrected chi connectivity index (χ3v) is 4.95. The highest BCUT2D eigenvalue weighted by molar-refractivity contribution is 7.90. The van der Waals surface area contributed by atoms with E-state index in [1.54, 1.807) is 6.07 Å². The Kier molecular flexibility index (Phi) is 4.27. The van der Waals surface area contributed by atoms with Gasteiger partial charge in [-0.25, -0.2) is 13.2 Å². The van der Waals surface area contributed by atoms with Gasteiger partial charge in [0.1, 0.15) is 0 Å². The number of nitrogens with zero attached hydrogens (tertiary/aromatic N) is 1. The van der Waals surface area contributed by atoms with Gasteiger partial charge in [-0.05, 0) is 36.5 Å². The molecule has 1 N–H and O–H groups in total. The lowest BCUT2D eigenvalue weighted by Gasteiger charge is -2.37. The zero-order valence-electron chi connectivity index (χ0n) is 12.5. The average molecular weight is 311 g/mol. The molecular weight excluding hydrogens is 290 g/mol. The molecule has 0 bridgehead atoms. The van der Waals surface area contributed by atoms with Crippen LogP contribution in [0, 0.1) is 11.8 Å². The molecule has 0 aromatic heterocycles. The minimum atomic E-state index is -3.41. The molecule has 21 heavy (non-hydrogen) atoms. The molecule has 0 radical (unpaired) electrons. The van der Waals surface area contributed by atoms with Crippen LogP contribution in [-0.2, 0) is 9.84 Å². The summed E-state index contributed by atoms with van der Waals surface area (Å²) in [5.41, 5.74) is 0.660. The Hall–Kier alpha value is -1.56. The highest BCUT2D eigenvalue weighted by Gasteiger charge is 2.26. The summed E-state index contributed by atoms with van der Waals surface area (Å²) in [6.45, 7) is 5.88. The van der Waals surface area contributed by atoms with Crippen LogP contribution < -0.4 is 4.90 Å². The Balaban J connectivity index is 2.46. The van der Waals surface area contributed by atoms with Gasteiger partial charge in [-0.1, -0.05) is 13.8 Å². The Bertz CT molecular complexity index is 644. The molecule has 0 aliphatic carbocycles. The highest BCUT2D eigenvalue weighted by Crippen LogP contribution is 2.30. The maximum Gasteiger partial charge on any atom is 0.337 e. The number of sulfone groups is 1. The Morgan fingerprint density at radius 3 is 2.29 bits per heavy atom. The number of carbonyl (C=O) groups is 1. The van der Waals surface area contributed by atoms with E-state index < -0.39 is 15.8 Å². The number of hydrogen-bond donors (Lipinski definition) is 1. The maximum atomic E-state index is 11.6. The summed E-state index contributed by atoms with van der Waals surface area (Å²) >= 11 is 0. The van der Waals surface area contributed by atoms with Crippen molar-refractivity contribution in [3.63, 3.8) is 0 Å². The van der Waals surface area contributed by atoms with Crippen molar-refractivity contribution in [2.45, 2.75) is 25.2 Å². The largest absolute Gasteiger partial charge is 0.478 e. The van der Waals surface area contributed by atoms with Crippen molar-refractivity contribution in [2.75, 3.05) is 24.2 Å². The van der Waals surface area contributed by atoms with E-state index >= 15 is 0 Å². The Morgan fingerprint density at radius 1 is 1.24 bits per heavy atom. The van der Waals surface area contributed by atoms with Crippen LogP contribution in [0.5, 0.6) is 0 Å². The van der Waals surface area contributed by atoms with Gasteiger partial charge in [-0.15, -0.1) is 0 Å². The molecule has 1 heterocycles. The molecule has 0 saturated carbocycles. The highest BCUT2D eigenvalue weighted by atomic mass is 32.2. The first-order valence-corrected chi connectivity index (χ1v) is 8.90. The van der Waals surface area contributed by atoms with Crippen LogP contribution in [0.15, 0.2) is 23.1 Å². The van der Waals surface area contributed by atoms with Crippen molar-refractivity contribution in [3.8, 4) is 0 Å². The molecule has 0 amide bonds. The van der Waals surface area contributed by atoms with E-state index in [4.69, 9.17) is 0 Å². The van der Waals surface area contributed by atoms with Gasteiger partial charge in [0.05, 0.1) is 16.1 Å². The molecule has 1 fully saturated rings. The Labute approximate surface area is 125 Å². The molecule has 2 atom stereocenters. The lowest BCUT2D eigenvalue weighted by Crippen LogP contribution is -2.39. The summed E-state index contributed by atoms with van der Waals surface area (Å²) in [5.74, 6) is -0.115. The molecule has 1 saturated heterocycles. The molecule has 2 unspecified atom stereocenters. The second-order valence-corrected chi connectivity index (χ2v) is 8.12. The summed E-state index contributed by atoms with van der Waals surface area (Å²) in [6.07, 6.45) is 2.21. The van der Waals surface area contributed by atoms with Gasteiger partial charge >= 0.3 is 5.97 Å². The minimum Gasteiger partial charge on any atom is -0.478 e. The Morgan fingerprint density at radius 2 is 1.81 bits per heavy atom. The van der Waals surface area contributed by atoms with E-state index in [1.807, 2.05) is 4.90 Å². The van der Waals surface area contributed by atoms with Gasteiger partial charge in [-0.2, -0.15) is 0 Å². The maximum absolute atomic E-state index is 11.6. The molecule has 2 rings (SSSR count). The number of aromatic carboxylic acids is 1. The molecule has 5 nitrogen and oxygen atoms in total. The second kappa shape index (κ2) is 5.67. The first-order valence-electron chi connectivity index (χ1n) is 7.01. The van der Waals surface area contributed by atoms with E-state index in [-0.39, 0.29) is 10.5 Å². The summed E-state index contributed by atoms with van der Waals surface area (Å²) in [7, 11) is -3.41. The van der Waals surface area contributed by atoms with Gasteiger partial charge in [0.25, 0.3) is 0 Å². The lowest BCUT2D eigenvalue weighted by molar-refractivity contribution is 0.0697. The number of rotatable bonds is 3. The van der Waals surface area contributed by atoms with E-state index in [0.717, 1.165) is 25.8 Å². The molecule has 0 spiro atoms. The fraction of sp³-hybridized carbons (Fsp3) is 0.533. The standard InChI is InChI=1S/C15H21NO4S/c1-10-6-11(2)9-16(8-10)14-5-4-12(21(3,19)20)7-13(14)15(17)18/h4-5,7,10-11H,6,8-9H2,1-3H3,(H,17,18).